The SMILES string of the molecule is CN(CC(N)=O)Cc1ccc(CC(=O)NN)cc1. The van der Waals surface area contributed by atoms with Crippen molar-refractivity contribution in [2.75, 3.05) is 13.6 Å². The predicted molar refractivity (Wildman–Crippen MR) is 68.0 cm³/mol. The molecule has 0 heterocycles. The van der Waals surface area contributed by atoms with Crippen molar-refractivity contribution in [2.24, 2.45) is 11.6 Å². The van der Waals surface area contributed by atoms with Gasteiger partial charge in [0.15, 0.2) is 0 Å². The Kier molecular flexibility index (Phi) is 5.29. The van der Waals surface area contributed by atoms with Crippen molar-refractivity contribution in [1.29, 1.82) is 0 Å². The summed E-state index contributed by atoms with van der Waals surface area (Å²) in [5.74, 6) is 4.43. The zero-order chi connectivity index (χ0) is 13.5. The van der Waals surface area contributed by atoms with E-state index in [1.165, 1.54) is 0 Å². The lowest BCUT2D eigenvalue weighted by Gasteiger charge is -2.14. The second kappa shape index (κ2) is 6.73. The molecule has 0 saturated carbocycles. The number of benzene rings is 1. The molecule has 1 aromatic carbocycles. The first-order valence-corrected chi connectivity index (χ1v) is 5.55. The molecule has 0 atom stereocenters. The molecule has 0 aliphatic rings. The Morgan fingerprint density at radius 2 is 1.78 bits per heavy atom. The summed E-state index contributed by atoms with van der Waals surface area (Å²) in [5, 5.41) is 0. The second-order valence-corrected chi connectivity index (χ2v) is 4.20. The summed E-state index contributed by atoms with van der Waals surface area (Å²) in [6.07, 6.45) is 0.258. The summed E-state index contributed by atoms with van der Waals surface area (Å²) in [6, 6.07) is 7.55. The lowest BCUT2D eigenvalue weighted by atomic mass is 10.1. The molecule has 98 valence electrons. The van der Waals surface area contributed by atoms with Gasteiger partial charge >= 0.3 is 0 Å². The van der Waals surface area contributed by atoms with Gasteiger partial charge in [-0.2, -0.15) is 0 Å². The Morgan fingerprint density at radius 1 is 1.22 bits per heavy atom. The number of likely N-dealkylation sites (N-methyl/N-ethyl adjacent to an activating group) is 1. The van der Waals surface area contributed by atoms with Crippen LogP contribution in [0.1, 0.15) is 11.1 Å². The van der Waals surface area contributed by atoms with Crippen LogP contribution in [0.5, 0.6) is 0 Å². The van der Waals surface area contributed by atoms with Gasteiger partial charge in [-0.1, -0.05) is 24.3 Å². The van der Waals surface area contributed by atoms with E-state index in [2.05, 4.69) is 5.43 Å². The van der Waals surface area contributed by atoms with E-state index in [-0.39, 0.29) is 24.8 Å². The first kappa shape index (κ1) is 14.1. The molecule has 0 bridgehead atoms. The van der Waals surface area contributed by atoms with E-state index >= 15 is 0 Å². The van der Waals surface area contributed by atoms with Gasteiger partial charge in [-0.25, -0.2) is 5.84 Å². The quantitative estimate of drug-likeness (QED) is 0.347. The van der Waals surface area contributed by atoms with E-state index in [1.807, 2.05) is 36.2 Å². The Balaban J connectivity index is 2.54. The Hall–Kier alpha value is -1.92. The highest BCUT2D eigenvalue weighted by Gasteiger charge is 2.05. The number of carbonyl (C=O) groups is 2. The molecule has 0 aromatic heterocycles. The first-order valence-electron chi connectivity index (χ1n) is 5.55. The normalized spacial score (nSPS) is 10.4. The third-order valence-electron chi connectivity index (χ3n) is 2.43. The van der Waals surface area contributed by atoms with Crippen molar-refractivity contribution in [3.05, 3.63) is 35.4 Å². The average molecular weight is 250 g/mol. The van der Waals surface area contributed by atoms with Gasteiger partial charge < -0.3 is 5.73 Å². The molecule has 0 radical (unpaired) electrons. The highest BCUT2D eigenvalue weighted by Crippen LogP contribution is 2.07. The number of nitrogens with two attached hydrogens (primary N) is 2. The fourth-order valence-electron chi connectivity index (χ4n) is 1.63. The summed E-state index contributed by atoms with van der Waals surface area (Å²) in [5.41, 5.74) is 9.13. The Bertz CT molecular complexity index is 417. The highest BCUT2D eigenvalue weighted by molar-refractivity contribution is 5.77. The van der Waals surface area contributed by atoms with Crippen molar-refractivity contribution in [3.8, 4) is 0 Å². The van der Waals surface area contributed by atoms with Crippen LogP contribution in [0.2, 0.25) is 0 Å². The highest BCUT2D eigenvalue weighted by atomic mass is 16.2. The summed E-state index contributed by atoms with van der Waals surface area (Å²) in [7, 11) is 1.82. The van der Waals surface area contributed by atoms with Gasteiger partial charge in [0.05, 0.1) is 13.0 Å². The monoisotopic (exact) mass is 250 g/mol. The van der Waals surface area contributed by atoms with Crippen molar-refractivity contribution < 1.29 is 9.59 Å². The maximum absolute atomic E-state index is 11.1. The van der Waals surface area contributed by atoms with Gasteiger partial charge in [0.2, 0.25) is 11.8 Å². The molecular weight excluding hydrogens is 232 g/mol. The smallest absolute Gasteiger partial charge is 0.238 e. The number of amides is 2. The van der Waals surface area contributed by atoms with Crippen LogP contribution in [-0.2, 0) is 22.6 Å². The van der Waals surface area contributed by atoms with E-state index in [1.54, 1.807) is 0 Å². The van der Waals surface area contributed by atoms with Gasteiger partial charge in [0.1, 0.15) is 0 Å². The molecule has 0 aliphatic carbocycles. The summed E-state index contributed by atoms with van der Waals surface area (Å²) < 4.78 is 0. The lowest BCUT2D eigenvalue weighted by Crippen LogP contribution is -2.31. The van der Waals surface area contributed by atoms with Crippen LogP contribution in [0.15, 0.2) is 24.3 Å². The zero-order valence-electron chi connectivity index (χ0n) is 10.3. The van der Waals surface area contributed by atoms with Crippen LogP contribution >= 0.6 is 0 Å². The number of nitrogens with one attached hydrogen (secondary N) is 1. The van der Waals surface area contributed by atoms with Crippen LogP contribution in [0.3, 0.4) is 0 Å². The predicted octanol–water partition coefficient (Wildman–Crippen LogP) is -0.864. The number of nitrogens with zero attached hydrogens (tertiary/aromatic N) is 1. The van der Waals surface area contributed by atoms with E-state index in [4.69, 9.17) is 11.6 Å². The first-order chi connectivity index (χ1) is 8.51. The standard InChI is InChI=1S/C12H18N4O2/c1-16(8-11(13)17)7-10-4-2-9(3-5-10)6-12(18)15-14/h2-5H,6-8,14H2,1H3,(H2,13,17)(H,15,18). The fraction of sp³-hybridized carbons (Fsp3) is 0.333. The van der Waals surface area contributed by atoms with Gasteiger partial charge in [0.25, 0.3) is 0 Å². The van der Waals surface area contributed by atoms with E-state index in [0.717, 1.165) is 11.1 Å². The Morgan fingerprint density at radius 3 is 2.28 bits per heavy atom. The molecule has 0 unspecified atom stereocenters. The topological polar surface area (TPSA) is 101 Å². The maximum atomic E-state index is 11.1. The molecule has 6 heteroatoms. The molecule has 2 amide bonds. The minimum absolute atomic E-state index is 0.220. The average Bonchev–Trinajstić information content (AvgIpc) is 2.30. The van der Waals surface area contributed by atoms with Gasteiger partial charge in [-0.3, -0.25) is 19.9 Å². The Labute approximate surface area is 106 Å². The van der Waals surface area contributed by atoms with Crippen LogP contribution < -0.4 is 17.0 Å². The van der Waals surface area contributed by atoms with Crippen LogP contribution in [-0.4, -0.2) is 30.3 Å². The maximum Gasteiger partial charge on any atom is 0.238 e. The molecule has 5 N–H and O–H groups in total. The van der Waals surface area contributed by atoms with Crippen LogP contribution in [0.25, 0.3) is 0 Å². The van der Waals surface area contributed by atoms with E-state index < -0.39 is 0 Å². The zero-order valence-corrected chi connectivity index (χ0v) is 10.3. The molecule has 1 aromatic rings. The molecular formula is C12H18N4O2. The number of carbonyl (C=O) groups excluding carboxylic acids is 2. The van der Waals surface area contributed by atoms with Crippen molar-refractivity contribution in [3.63, 3.8) is 0 Å². The number of rotatable bonds is 6. The summed E-state index contributed by atoms with van der Waals surface area (Å²) in [4.78, 5) is 23.6. The van der Waals surface area contributed by atoms with Crippen LogP contribution in [0, 0.1) is 0 Å². The van der Waals surface area contributed by atoms with Gasteiger partial charge in [0, 0.05) is 6.54 Å². The van der Waals surface area contributed by atoms with Crippen LogP contribution in [0.4, 0.5) is 0 Å². The van der Waals surface area contributed by atoms with Gasteiger partial charge in [-0.05, 0) is 18.2 Å². The number of hydrogen-bond donors (Lipinski definition) is 3. The molecule has 1 rings (SSSR count). The van der Waals surface area contributed by atoms with Crippen molar-refractivity contribution >= 4 is 11.8 Å². The number of hydrazine groups is 1. The van der Waals surface area contributed by atoms with Crippen molar-refractivity contribution in [2.45, 2.75) is 13.0 Å². The molecule has 0 fully saturated rings. The number of hydrogen-bond acceptors (Lipinski definition) is 4. The molecule has 0 spiro atoms. The third kappa shape index (κ3) is 4.94. The minimum atomic E-state index is -0.353. The minimum Gasteiger partial charge on any atom is -0.369 e. The molecule has 0 saturated heterocycles. The third-order valence-corrected chi connectivity index (χ3v) is 2.43. The lowest BCUT2D eigenvalue weighted by molar-refractivity contribution is -0.120. The fourth-order valence-corrected chi connectivity index (χ4v) is 1.63. The second-order valence-electron chi connectivity index (χ2n) is 4.20. The molecule has 18 heavy (non-hydrogen) atoms. The molecule has 0 aliphatic heterocycles. The number of primary amides is 1. The van der Waals surface area contributed by atoms with E-state index in [0.29, 0.717) is 6.54 Å². The molecule has 6 nitrogen and oxygen atoms in total. The van der Waals surface area contributed by atoms with Gasteiger partial charge in [-0.15, -0.1) is 0 Å². The largest absolute Gasteiger partial charge is 0.369 e. The summed E-state index contributed by atoms with van der Waals surface area (Å²) >= 11 is 0. The van der Waals surface area contributed by atoms with E-state index in [9.17, 15) is 9.59 Å². The van der Waals surface area contributed by atoms with Crippen molar-refractivity contribution in [1.82, 2.24) is 10.3 Å². The summed E-state index contributed by atoms with van der Waals surface area (Å²) in [6.45, 7) is 0.851.